The zero-order valence-corrected chi connectivity index (χ0v) is 22.0. The van der Waals surface area contributed by atoms with Crippen LogP contribution in [0.25, 0.3) is 11.4 Å². The number of alkyl halides is 3. The summed E-state index contributed by atoms with van der Waals surface area (Å²) in [5.74, 6) is -2.42. The average Bonchev–Trinajstić information content (AvgIpc) is 3.34. The third kappa shape index (κ3) is 5.19. The van der Waals surface area contributed by atoms with Crippen LogP contribution in [0.5, 0.6) is 0 Å². The smallest absolute Gasteiger partial charge is 0.341 e. The van der Waals surface area contributed by atoms with E-state index < -0.39 is 18.1 Å². The number of carbonyl (C=O) groups excluding carboxylic acids is 3. The maximum atomic E-state index is 13.6. The Morgan fingerprint density at radius 3 is 2.42 bits per heavy atom. The molecule has 14 heteroatoms. The number of nitrogens with zero attached hydrogens (tertiary/aromatic N) is 5. The van der Waals surface area contributed by atoms with E-state index in [0.717, 1.165) is 12.8 Å². The molecule has 3 aliphatic rings. The number of carbonyl (C=O) groups is 3. The molecule has 3 amide bonds. The Bertz CT molecular complexity index is 1410. The van der Waals surface area contributed by atoms with Crippen molar-refractivity contribution >= 4 is 34.2 Å². The number of nitrogens with one attached hydrogen (secondary N) is 1. The van der Waals surface area contributed by atoms with Crippen LogP contribution >= 0.6 is 11.3 Å². The third-order valence-electron chi connectivity index (χ3n) is 7.91. The molecule has 1 aliphatic carbocycles. The van der Waals surface area contributed by atoms with Crippen molar-refractivity contribution in [1.82, 2.24) is 24.9 Å². The van der Waals surface area contributed by atoms with Crippen molar-refractivity contribution in [2.24, 2.45) is 11.3 Å². The van der Waals surface area contributed by atoms with E-state index in [4.69, 9.17) is 0 Å². The van der Waals surface area contributed by atoms with E-state index in [0.29, 0.717) is 49.6 Å². The number of likely N-dealkylation sites (tertiary alicyclic amines) is 2. The molecule has 1 spiro atoms. The van der Waals surface area contributed by atoms with Crippen molar-refractivity contribution in [2.45, 2.75) is 44.3 Å². The van der Waals surface area contributed by atoms with E-state index in [1.165, 1.54) is 35.6 Å². The Morgan fingerprint density at radius 1 is 1.10 bits per heavy atom. The van der Waals surface area contributed by atoms with Crippen LogP contribution < -0.4 is 5.32 Å². The van der Waals surface area contributed by atoms with E-state index >= 15 is 0 Å². The Hall–Kier alpha value is -3.81. The molecule has 6 rings (SSSR count). The zero-order valence-electron chi connectivity index (χ0n) is 21.2. The fourth-order valence-electron chi connectivity index (χ4n) is 5.48. The van der Waals surface area contributed by atoms with Crippen molar-refractivity contribution in [2.75, 3.05) is 25.0 Å². The van der Waals surface area contributed by atoms with Gasteiger partial charge in [-0.3, -0.25) is 14.4 Å². The maximum Gasteiger partial charge on any atom is 0.471 e. The van der Waals surface area contributed by atoms with Crippen LogP contribution in [-0.2, 0) is 15.8 Å². The zero-order chi connectivity index (χ0) is 28.1. The minimum absolute atomic E-state index is 0.0412. The highest BCUT2D eigenvalue weighted by molar-refractivity contribution is 7.13. The predicted octanol–water partition coefficient (Wildman–Crippen LogP) is 4.08. The molecule has 1 atom stereocenters. The number of benzene rings is 1. The topological polar surface area (TPSA) is 122 Å². The van der Waals surface area contributed by atoms with Crippen LogP contribution in [0.15, 0.2) is 40.4 Å². The molecular weight excluding hydrogens is 549 g/mol. The summed E-state index contributed by atoms with van der Waals surface area (Å²) < 4.78 is 42.7. The minimum atomic E-state index is -4.75. The van der Waals surface area contributed by atoms with Gasteiger partial charge in [0.2, 0.25) is 17.6 Å². The number of hydrogen-bond acceptors (Lipinski definition) is 8. The summed E-state index contributed by atoms with van der Waals surface area (Å²) in [4.78, 5) is 50.6. The van der Waals surface area contributed by atoms with Crippen LogP contribution in [-0.4, -0.2) is 68.3 Å². The molecule has 4 heterocycles. The molecule has 0 radical (unpaired) electrons. The Morgan fingerprint density at radius 2 is 1.82 bits per heavy atom. The molecule has 1 aromatic carbocycles. The molecule has 2 aromatic heterocycles. The van der Waals surface area contributed by atoms with Gasteiger partial charge >= 0.3 is 12.1 Å². The van der Waals surface area contributed by atoms with Gasteiger partial charge in [-0.05, 0) is 49.7 Å². The summed E-state index contributed by atoms with van der Waals surface area (Å²) in [6.45, 7) is 1.34. The number of hydrogen-bond donors (Lipinski definition) is 1. The standard InChI is InChI=1S/C26H25F3N6O4S/c27-26(28,29)23-31-19(33-39-23)15-1-3-17(4-2-15)21(37)35-14-25(7-8-25)13-18(35)22(38)34-10-5-16(6-11-34)20(36)32-24-30-9-12-40-24/h1-4,9,12,16,18H,5-8,10-11,13-14H2,(H,30,32,36)/t18-/m1/s1. The normalized spacial score (nSPS) is 20.6. The summed E-state index contributed by atoms with van der Waals surface area (Å²) in [5, 5.41) is 8.53. The molecule has 2 aliphatic heterocycles. The van der Waals surface area contributed by atoms with Crippen molar-refractivity contribution in [3.05, 3.63) is 47.3 Å². The van der Waals surface area contributed by atoms with Gasteiger partial charge in [-0.2, -0.15) is 18.2 Å². The molecule has 1 N–H and O–H groups in total. The summed E-state index contributed by atoms with van der Waals surface area (Å²) >= 11 is 1.35. The molecule has 3 fully saturated rings. The Balaban J connectivity index is 1.11. The number of halogens is 3. The number of aromatic nitrogens is 3. The predicted molar refractivity (Wildman–Crippen MR) is 136 cm³/mol. The van der Waals surface area contributed by atoms with Gasteiger partial charge in [-0.15, -0.1) is 11.3 Å². The molecule has 0 unspecified atom stereocenters. The molecule has 1 saturated carbocycles. The Kier molecular flexibility index (Phi) is 6.59. The first-order valence-corrected chi connectivity index (χ1v) is 13.8. The fourth-order valence-corrected chi connectivity index (χ4v) is 6.01. The molecule has 0 bridgehead atoms. The Labute approximate surface area is 230 Å². The summed E-state index contributed by atoms with van der Waals surface area (Å²) in [6.07, 6.45) is 0.447. The fraction of sp³-hybridized carbons (Fsp3) is 0.462. The molecule has 2 saturated heterocycles. The van der Waals surface area contributed by atoms with Crippen molar-refractivity contribution in [3.63, 3.8) is 0 Å². The average molecular weight is 575 g/mol. The first kappa shape index (κ1) is 26.4. The first-order valence-electron chi connectivity index (χ1n) is 12.9. The van der Waals surface area contributed by atoms with Gasteiger partial charge in [-0.1, -0.05) is 17.3 Å². The van der Waals surface area contributed by atoms with Crippen LogP contribution in [0.1, 0.15) is 48.4 Å². The quantitative estimate of drug-likeness (QED) is 0.487. The molecule has 3 aromatic rings. The summed E-state index contributed by atoms with van der Waals surface area (Å²) in [7, 11) is 0. The van der Waals surface area contributed by atoms with E-state index in [-0.39, 0.29) is 40.4 Å². The summed E-state index contributed by atoms with van der Waals surface area (Å²) in [5.41, 5.74) is 0.544. The first-order chi connectivity index (χ1) is 19.1. The largest absolute Gasteiger partial charge is 0.471 e. The highest BCUT2D eigenvalue weighted by Gasteiger charge is 2.56. The molecule has 40 heavy (non-hydrogen) atoms. The number of anilines is 1. The summed E-state index contributed by atoms with van der Waals surface area (Å²) in [6, 6.07) is 5.31. The second-order valence-corrected chi connectivity index (χ2v) is 11.5. The van der Waals surface area contributed by atoms with Crippen LogP contribution in [0.3, 0.4) is 0 Å². The SMILES string of the molecule is O=C(Nc1nccs1)C1CCN(C(=O)[C@H]2CC3(CC3)CN2C(=O)c2ccc(-c3noc(C(F)(F)F)n3)cc2)CC1. The van der Waals surface area contributed by atoms with Crippen LogP contribution in [0.2, 0.25) is 0 Å². The van der Waals surface area contributed by atoms with Crippen molar-refractivity contribution < 1.29 is 32.1 Å². The number of amides is 3. The monoisotopic (exact) mass is 574 g/mol. The van der Waals surface area contributed by atoms with Gasteiger partial charge < -0.3 is 19.6 Å². The minimum Gasteiger partial charge on any atom is -0.341 e. The van der Waals surface area contributed by atoms with E-state index in [9.17, 15) is 27.6 Å². The van der Waals surface area contributed by atoms with E-state index in [2.05, 4.69) is 25.0 Å². The third-order valence-corrected chi connectivity index (χ3v) is 8.60. The lowest BCUT2D eigenvalue weighted by atomic mass is 9.95. The van der Waals surface area contributed by atoms with Gasteiger partial charge in [0.25, 0.3) is 5.91 Å². The van der Waals surface area contributed by atoms with Crippen molar-refractivity contribution in [1.29, 1.82) is 0 Å². The van der Waals surface area contributed by atoms with Crippen LogP contribution in [0.4, 0.5) is 18.3 Å². The number of thiazole rings is 1. The molecular formula is C26H25F3N6O4S. The van der Waals surface area contributed by atoms with Gasteiger partial charge in [0.1, 0.15) is 6.04 Å². The second kappa shape index (κ2) is 9.98. The highest BCUT2D eigenvalue weighted by atomic mass is 32.1. The van der Waals surface area contributed by atoms with Crippen LogP contribution in [0, 0.1) is 11.3 Å². The van der Waals surface area contributed by atoms with Gasteiger partial charge in [-0.25, -0.2) is 4.98 Å². The van der Waals surface area contributed by atoms with Gasteiger partial charge in [0.05, 0.1) is 0 Å². The van der Waals surface area contributed by atoms with E-state index in [1.54, 1.807) is 21.4 Å². The number of rotatable bonds is 5. The lowest BCUT2D eigenvalue weighted by Gasteiger charge is -2.35. The lowest BCUT2D eigenvalue weighted by molar-refractivity contribution is -0.159. The molecule has 10 nitrogen and oxygen atoms in total. The number of piperidine rings is 1. The van der Waals surface area contributed by atoms with Crippen molar-refractivity contribution in [3.8, 4) is 11.4 Å². The maximum absolute atomic E-state index is 13.6. The molecule has 210 valence electrons. The lowest BCUT2D eigenvalue weighted by Crippen LogP contribution is -2.50. The highest BCUT2D eigenvalue weighted by Crippen LogP contribution is 2.55. The van der Waals surface area contributed by atoms with Gasteiger partial charge in [0.15, 0.2) is 5.13 Å². The van der Waals surface area contributed by atoms with Gasteiger partial charge in [0, 0.05) is 48.3 Å². The van der Waals surface area contributed by atoms with E-state index in [1.807, 2.05) is 0 Å². The second-order valence-electron chi connectivity index (χ2n) is 10.6.